The Kier molecular flexibility index (Phi) is 10.5. The van der Waals surface area contributed by atoms with Crippen molar-refractivity contribution in [3.63, 3.8) is 0 Å². The second kappa shape index (κ2) is 11.8. The van der Waals surface area contributed by atoms with Gasteiger partial charge in [0.1, 0.15) is 0 Å². The van der Waals surface area contributed by atoms with Gasteiger partial charge in [0, 0.05) is 0 Å². The van der Waals surface area contributed by atoms with Crippen LogP contribution in [0.5, 0.6) is 0 Å². The Labute approximate surface area is 200 Å². The molecule has 2 saturated carbocycles. The molecule has 0 radical (unpaired) electrons. The van der Waals surface area contributed by atoms with Crippen LogP contribution in [-0.4, -0.2) is 29.1 Å². The number of allylic oxidation sites excluding steroid dienone is 1. The van der Waals surface area contributed by atoms with Gasteiger partial charge in [0.2, 0.25) is 0 Å². The minimum absolute atomic E-state index is 0.172. The molecule has 0 heterocycles. The van der Waals surface area contributed by atoms with Crippen LogP contribution in [0.3, 0.4) is 0 Å². The molecule has 2 rings (SSSR count). The zero-order valence-corrected chi connectivity index (χ0v) is 25.2. The number of hydrogen-bond donors (Lipinski definition) is 1. The van der Waals surface area contributed by atoms with Gasteiger partial charge in [-0.1, -0.05) is 0 Å². The van der Waals surface area contributed by atoms with Crippen LogP contribution in [0.25, 0.3) is 0 Å². The summed E-state index contributed by atoms with van der Waals surface area (Å²) in [5.41, 5.74) is -0.0277. The molecule has 2 aliphatic carbocycles. The number of fused-ring (bicyclic) bond motifs is 2. The van der Waals surface area contributed by atoms with Gasteiger partial charge in [-0.25, -0.2) is 0 Å². The van der Waals surface area contributed by atoms with Crippen molar-refractivity contribution in [3.05, 3.63) is 10.2 Å². The molecule has 0 saturated heterocycles. The van der Waals surface area contributed by atoms with Crippen LogP contribution < -0.4 is 0 Å². The van der Waals surface area contributed by atoms with Crippen LogP contribution in [-0.2, 0) is 0 Å². The van der Waals surface area contributed by atoms with Crippen molar-refractivity contribution in [3.8, 4) is 0 Å². The molecule has 0 unspecified atom stereocenters. The van der Waals surface area contributed by atoms with Gasteiger partial charge in [-0.3, -0.25) is 0 Å². The average Bonchev–Trinajstić information content (AvgIpc) is 3.00. The molecule has 31 heavy (non-hydrogen) atoms. The molecule has 0 amide bonds. The minimum atomic E-state index is -2.30. The number of unbranched alkanes of at least 4 members (excludes halogenated alkanes) is 4. The number of aliphatic hydroxyl groups is 1. The van der Waals surface area contributed by atoms with Crippen molar-refractivity contribution >= 4 is 18.4 Å². The molecule has 1 nitrogen and oxygen atoms in total. The van der Waals surface area contributed by atoms with Gasteiger partial charge in [-0.05, 0) is 0 Å². The van der Waals surface area contributed by atoms with Crippen LogP contribution in [0, 0.1) is 22.7 Å². The third-order valence-corrected chi connectivity index (χ3v) is 23.6. The Morgan fingerprint density at radius 3 is 1.74 bits per heavy atom. The molecule has 2 bridgehead atoms. The van der Waals surface area contributed by atoms with Crippen LogP contribution in [0.4, 0.5) is 0 Å². The SMILES string of the molecule is CCCC[C@@]1(O)C[C@@](C)(/C=[CH]\[Sn]([CH2]CCC)([CH2]CCC)[CH2]CCC)[C@H]2CC[C@@H]1C2(C)C. The van der Waals surface area contributed by atoms with Crippen LogP contribution in [0.1, 0.15) is 126 Å². The maximum atomic E-state index is 12.0. The molecular formula is C29H56OSn. The molecule has 4 atom stereocenters. The Balaban J connectivity index is 2.39. The summed E-state index contributed by atoms with van der Waals surface area (Å²) in [6, 6.07) is 0. The van der Waals surface area contributed by atoms with E-state index >= 15 is 0 Å². The number of rotatable bonds is 14. The van der Waals surface area contributed by atoms with Gasteiger partial charge >= 0.3 is 201 Å². The molecule has 0 aromatic rings. The number of hydrogen-bond acceptors (Lipinski definition) is 1. The summed E-state index contributed by atoms with van der Waals surface area (Å²) in [5.74, 6) is 1.22. The summed E-state index contributed by atoms with van der Waals surface area (Å²) in [6.07, 6.45) is 18.0. The molecule has 0 aliphatic heterocycles. The van der Waals surface area contributed by atoms with E-state index in [0.29, 0.717) is 5.92 Å². The maximum absolute atomic E-state index is 12.0. The molecular weight excluding hydrogens is 483 g/mol. The summed E-state index contributed by atoms with van der Waals surface area (Å²) in [4.78, 5) is 0. The van der Waals surface area contributed by atoms with Gasteiger partial charge in [0.05, 0.1) is 0 Å². The van der Waals surface area contributed by atoms with Gasteiger partial charge in [0.25, 0.3) is 0 Å². The molecule has 0 aromatic carbocycles. The molecule has 2 heteroatoms. The van der Waals surface area contributed by atoms with Gasteiger partial charge < -0.3 is 0 Å². The molecule has 182 valence electrons. The second-order valence-electron chi connectivity index (χ2n) is 12.4. The summed E-state index contributed by atoms with van der Waals surface area (Å²) in [6.45, 7) is 16.9. The van der Waals surface area contributed by atoms with E-state index in [2.05, 4.69) is 58.6 Å². The quantitative estimate of drug-likeness (QED) is 0.218. The van der Waals surface area contributed by atoms with E-state index in [0.717, 1.165) is 18.8 Å². The van der Waals surface area contributed by atoms with Crippen LogP contribution in [0.15, 0.2) is 10.2 Å². The van der Waals surface area contributed by atoms with Gasteiger partial charge in [-0.15, -0.1) is 0 Å². The Bertz CT molecular complexity index is 545. The van der Waals surface area contributed by atoms with Crippen molar-refractivity contribution in [2.75, 3.05) is 0 Å². The van der Waals surface area contributed by atoms with E-state index < -0.39 is 24.0 Å². The van der Waals surface area contributed by atoms with Crippen molar-refractivity contribution < 1.29 is 5.11 Å². The van der Waals surface area contributed by atoms with Crippen molar-refractivity contribution in [2.45, 2.75) is 144 Å². The zero-order chi connectivity index (χ0) is 23.2. The van der Waals surface area contributed by atoms with E-state index in [4.69, 9.17) is 0 Å². The molecule has 2 aliphatic rings. The van der Waals surface area contributed by atoms with Crippen molar-refractivity contribution in [1.29, 1.82) is 0 Å². The summed E-state index contributed by atoms with van der Waals surface area (Å²) in [5, 5.41) is 12.0. The molecule has 1 N–H and O–H groups in total. The first-order valence-corrected chi connectivity index (χ1v) is 21.8. The molecule has 0 spiro atoms. The molecule has 0 aromatic heterocycles. The first kappa shape index (κ1) is 27.7. The Morgan fingerprint density at radius 1 is 0.774 bits per heavy atom. The van der Waals surface area contributed by atoms with Gasteiger partial charge in [0.15, 0.2) is 0 Å². The van der Waals surface area contributed by atoms with Crippen molar-refractivity contribution in [2.24, 2.45) is 22.7 Å². The van der Waals surface area contributed by atoms with Crippen LogP contribution in [0.2, 0.25) is 13.3 Å². The standard InChI is InChI=1S/C17H29O.3C4H9.Sn/c1-6-8-11-17(18)12-16(5,7-2)13-9-10-14(17)15(13,3)4;3*1-3-4-2;/h2,7,13-14,18H,6,8-12H2,1,3-5H3;3*1,3-4H2,2H3;/t13-,14+,16+,17+;;;;/m0..../s1. The topological polar surface area (TPSA) is 20.2 Å². The van der Waals surface area contributed by atoms with E-state index in [1.807, 2.05) is 0 Å². The summed E-state index contributed by atoms with van der Waals surface area (Å²) >= 11 is -2.30. The Morgan fingerprint density at radius 2 is 1.26 bits per heavy atom. The monoisotopic (exact) mass is 540 g/mol. The predicted molar refractivity (Wildman–Crippen MR) is 141 cm³/mol. The van der Waals surface area contributed by atoms with Crippen molar-refractivity contribution in [1.82, 2.24) is 0 Å². The van der Waals surface area contributed by atoms with Gasteiger partial charge in [-0.2, -0.15) is 0 Å². The fourth-order valence-corrected chi connectivity index (χ4v) is 22.6. The first-order chi connectivity index (χ1) is 14.6. The Hall–Kier alpha value is 0.499. The normalized spacial score (nSPS) is 32.8. The van der Waals surface area contributed by atoms with E-state index in [9.17, 15) is 5.11 Å². The summed E-state index contributed by atoms with van der Waals surface area (Å²) < 4.78 is 7.56. The fraction of sp³-hybridized carbons (Fsp3) is 0.931. The van der Waals surface area contributed by atoms with Crippen LogP contribution >= 0.6 is 0 Å². The summed E-state index contributed by atoms with van der Waals surface area (Å²) in [7, 11) is 0. The first-order valence-electron chi connectivity index (χ1n) is 14.1. The van der Waals surface area contributed by atoms with E-state index in [-0.39, 0.29) is 10.8 Å². The predicted octanol–water partition coefficient (Wildman–Crippen LogP) is 9.31. The molecule has 2 fully saturated rings. The zero-order valence-electron chi connectivity index (χ0n) is 22.4. The third kappa shape index (κ3) is 6.34. The fourth-order valence-electron chi connectivity index (χ4n) is 7.87. The van der Waals surface area contributed by atoms with E-state index in [1.165, 1.54) is 64.2 Å². The van der Waals surface area contributed by atoms with E-state index in [1.54, 1.807) is 13.3 Å². The average molecular weight is 539 g/mol. The third-order valence-electron chi connectivity index (χ3n) is 9.54. The second-order valence-corrected chi connectivity index (χ2v) is 25.4.